The van der Waals surface area contributed by atoms with E-state index in [1.54, 1.807) is 12.1 Å². The predicted octanol–water partition coefficient (Wildman–Crippen LogP) is 2.06. The molecule has 1 aliphatic heterocycles. The summed E-state index contributed by atoms with van der Waals surface area (Å²) in [6.07, 6.45) is 4.90. The lowest BCUT2D eigenvalue weighted by molar-refractivity contribution is -0.131. The van der Waals surface area contributed by atoms with Crippen LogP contribution in [0.4, 0.5) is 0 Å². The first-order valence-electron chi connectivity index (χ1n) is 7.13. The van der Waals surface area contributed by atoms with Gasteiger partial charge in [0, 0.05) is 23.5 Å². The van der Waals surface area contributed by atoms with E-state index in [2.05, 4.69) is 17.1 Å². The first-order valence-corrected chi connectivity index (χ1v) is 7.95. The second kappa shape index (κ2) is 7.38. The van der Waals surface area contributed by atoms with Gasteiger partial charge in [-0.2, -0.15) is 0 Å². The van der Waals surface area contributed by atoms with Crippen molar-refractivity contribution in [3.05, 3.63) is 28.0 Å². The normalized spacial score (nSPS) is 19.2. The van der Waals surface area contributed by atoms with Crippen LogP contribution in [0.25, 0.3) is 6.08 Å². The highest BCUT2D eigenvalue weighted by Crippen LogP contribution is 2.19. The van der Waals surface area contributed by atoms with Crippen LogP contribution < -0.4 is 5.32 Å². The van der Waals surface area contributed by atoms with Crippen LogP contribution in [0, 0.1) is 0 Å². The van der Waals surface area contributed by atoms with Gasteiger partial charge in [-0.3, -0.25) is 9.69 Å². The van der Waals surface area contributed by atoms with Gasteiger partial charge < -0.3 is 10.4 Å². The second-order valence-corrected chi connectivity index (χ2v) is 6.12. The third-order valence-corrected chi connectivity index (χ3v) is 4.69. The highest BCUT2D eigenvalue weighted by Gasteiger charge is 2.23. The molecule has 0 bridgehead atoms. The monoisotopic (exact) mass is 308 g/mol. The van der Waals surface area contributed by atoms with Crippen molar-refractivity contribution >= 4 is 29.3 Å². The summed E-state index contributed by atoms with van der Waals surface area (Å²) in [5.74, 6) is -1.08. The molecule has 1 aliphatic rings. The Hall–Kier alpha value is -1.66. The highest BCUT2D eigenvalue weighted by molar-refractivity contribution is 7.14. The summed E-state index contributed by atoms with van der Waals surface area (Å²) < 4.78 is 0. The molecule has 0 spiro atoms. The van der Waals surface area contributed by atoms with E-state index in [0.29, 0.717) is 17.5 Å². The average molecular weight is 308 g/mol. The molecule has 0 radical (unpaired) electrons. The number of hydrogen-bond acceptors (Lipinski definition) is 4. The molecule has 6 heteroatoms. The van der Waals surface area contributed by atoms with Gasteiger partial charge in [-0.15, -0.1) is 11.3 Å². The molecule has 5 nitrogen and oxygen atoms in total. The maximum absolute atomic E-state index is 12.1. The Morgan fingerprint density at radius 3 is 3.05 bits per heavy atom. The Kier molecular flexibility index (Phi) is 5.52. The number of amides is 1. The number of thiophene rings is 1. The molecule has 2 rings (SSSR count). The van der Waals surface area contributed by atoms with E-state index < -0.39 is 5.97 Å². The molecule has 1 aromatic heterocycles. The number of nitrogens with zero attached hydrogens (tertiary/aromatic N) is 1. The van der Waals surface area contributed by atoms with Gasteiger partial charge in [0.25, 0.3) is 5.91 Å². The number of hydrogen-bond donors (Lipinski definition) is 2. The van der Waals surface area contributed by atoms with Gasteiger partial charge in [-0.25, -0.2) is 4.79 Å². The van der Waals surface area contributed by atoms with Gasteiger partial charge >= 0.3 is 5.97 Å². The molecule has 1 fully saturated rings. The Bertz CT molecular complexity index is 539. The van der Waals surface area contributed by atoms with E-state index in [1.165, 1.54) is 23.8 Å². The Balaban J connectivity index is 1.87. The molecule has 1 saturated heterocycles. The predicted molar refractivity (Wildman–Crippen MR) is 83.6 cm³/mol. The maximum Gasteiger partial charge on any atom is 0.328 e. The zero-order valence-electron chi connectivity index (χ0n) is 12.0. The third kappa shape index (κ3) is 4.41. The summed E-state index contributed by atoms with van der Waals surface area (Å²) >= 11 is 1.30. The van der Waals surface area contributed by atoms with E-state index in [9.17, 15) is 9.59 Å². The number of rotatable bonds is 6. The summed E-state index contributed by atoms with van der Waals surface area (Å²) in [6, 6.07) is 3.92. The SMILES string of the molecule is CCN1CCCC1CNC(=O)c1ccc(C=CC(=O)O)s1. The molecule has 114 valence electrons. The number of carboxylic acids is 1. The van der Waals surface area contributed by atoms with Crippen LogP contribution in [0.3, 0.4) is 0 Å². The molecular formula is C15H20N2O3S. The molecule has 0 aliphatic carbocycles. The standard InChI is InChI=1S/C15H20N2O3S/c1-2-17-9-3-4-11(17)10-16-15(20)13-7-5-12(21-13)6-8-14(18)19/h5-8,11H,2-4,9-10H2,1H3,(H,16,20)(H,18,19). The van der Waals surface area contributed by atoms with Crippen LogP contribution in [0.2, 0.25) is 0 Å². The number of carbonyl (C=O) groups is 2. The summed E-state index contributed by atoms with van der Waals surface area (Å²) in [6.45, 7) is 4.94. The van der Waals surface area contributed by atoms with E-state index in [0.717, 1.165) is 30.5 Å². The smallest absolute Gasteiger partial charge is 0.328 e. The van der Waals surface area contributed by atoms with Crippen molar-refractivity contribution in [1.29, 1.82) is 0 Å². The molecule has 2 N–H and O–H groups in total. The van der Waals surface area contributed by atoms with Crippen LogP contribution in [0.1, 0.15) is 34.3 Å². The molecule has 1 aromatic rings. The summed E-state index contributed by atoms with van der Waals surface area (Å²) in [4.78, 5) is 26.3. The summed E-state index contributed by atoms with van der Waals surface area (Å²) in [7, 11) is 0. The van der Waals surface area contributed by atoms with Gasteiger partial charge in [0.15, 0.2) is 0 Å². The number of aliphatic carboxylic acids is 1. The Morgan fingerprint density at radius 1 is 1.52 bits per heavy atom. The topological polar surface area (TPSA) is 69.6 Å². The van der Waals surface area contributed by atoms with Gasteiger partial charge in [0.1, 0.15) is 0 Å². The molecule has 1 atom stereocenters. The molecule has 2 heterocycles. The van der Waals surface area contributed by atoms with Crippen molar-refractivity contribution in [3.63, 3.8) is 0 Å². The first kappa shape index (κ1) is 15.7. The quantitative estimate of drug-likeness (QED) is 0.789. The zero-order chi connectivity index (χ0) is 15.2. The van der Waals surface area contributed by atoms with E-state index in [4.69, 9.17) is 5.11 Å². The fourth-order valence-corrected chi connectivity index (χ4v) is 3.39. The van der Waals surface area contributed by atoms with Crippen molar-refractivity contribution in [2.24, 2.45) is 0 Å². The molecule has 0 aromatic carbocycles. The van der Waals surface area contributed by atoms with Crippen LogP contribution in [0.15, 0.2) is 18.2 Å². The summed E-state index contributed by atoms with van der Waals surface area (Å²) in [5.41, 5.74) is 0. The minimum atomic E-state index is -0.990. The van der Waals surface area contributed by atoms with Crippen LogP contribution in [-0.2, 0) is 4.79 Å². The fraction of sp³-hybridized carbons (Fsp3) is 0.467. The van der Waals surface area contributed by atoms with Crippen molar-refractivity contribution in [1.82, 2.24) is 10.2 Å². The van der Waals surface area contributed by atoms with Crippen molar-refractivity contribution in [2.45, 2.75) is 25.8 Å². The number of nitrogens with one attached hydrogen (secondary N) is 1. The fourth-order valence-electron chi connectivity index (χ4n) is 2.56. The minimum Gasteiger partial charge on any atom is -0.478 e. The third-order valence-electron chi connectivity index (χ3n) is 3.64. The second-order valence-electron chi connectivity index (χ2n) is 5.01. The van der Waals surface area contributed by atoms with Crippen LogP contribution in [0.5, 0.6) is 0 Å². The van der Waals surface area contributed by atoms with Gasteiger partial charge in [-0.05, 0) is 44.1 Å². The number of likely N-dealkylation sites (N-methyl/N-ethyl adjacent to an activating group) is 1. The zero-order valence-corrected chi connectivity index (χ0v) is 12.9. The van der Waals surface area contributed by atoms with Crippen molar-refractivity contribution < 1.29 is 14.7 Å². The lowest BCUT2D eigenvalue weighted by atomic mass is 10.2. The minimum absolute atomic E-state index is 0.0853. The van der Waals surface area contributed by atoms with Crippen molar-refractivity contribution in [3.8, 4) is 0 Å². The van der Waals surface area contributed by atoms with Gasteiger partial charge in [-0.1, -0.05) is 6.92 Å². The molecule has 21 heavy (non-hydrogen) atoms. The van der Waals surface area contributed by atoms with Crippen LogP contribution in [-0.4, -0.2) is 47.6 Å². The largest absolute Gasteiger partial charge is 0.478 e. The molecular weight excluding hydrogens is 288 g/mol. The lowest BCUT2D eigenvalue weighted by Gasteiger charge is -2.22. The van der Waals surface area contributed by atoms with Crippen LogP contribution >= 0.6 is 11.3 Å². The number of carboxylic acid groups (broad SMARTS) is 1. The summed E-state index contributed by atoms with van der Waals surface area (Å²) in [5, 5.41) is 11.6. The average Bonchev–Trinajstić information content (AvgIpc) is 3.11. The van der Waals surface area contributed by atoms with Crippen molar-refractivity contribution in [2.75, 3.05) is 19.6 Å². The number of carbonyl (C=O) groups excluding carboxylic acids is 1. The van der Waals surface area contributed by atoms with Gasteiger partial charge in [0.2, 0.25) is 0 Å². The number of likely N-dealkylation sites (tertiary alicyclic amines) is 1. The maximum atomic E-state index is 12.1. The highest BCUT2D eigenvalue weighted by atomic mass is 32.1. The van der Waals surface area contributed by atoms with E-state index in [1.807, 2.05) is 0 Å². The van der Waals surface area contributed by atoms with E-state index in [-0.39, 0.29) is 5.91 Å². The lowest BCUT2D eigenvalue weighted by Crippen LogP contribution is -2.39. The van der Waals surface area contributed by atoms with E-state index >= 15 is 0 Å². The molecule has 0 saturated carbocycles. The Morgan fingerprint density at radius 2 is 2.33 bits per heavy atom. The molecule has 1 amide bonds. The molecule has 1 unspecified atom stereocenters. The van der Waals surface area contributed by atoms with Gasteiger partial charge in [0.05, 0.1) is 4.88 Å². The Labute approximate surface area is 128 Å². The first-order chi connectivity index (χ1) is 10.1.